The van der Waals surface area contributed by atoms with E-state index >= 15 is 0 Å². The van der Waals surface area contributed by atoms with Crippen molar-refractivity contribution in [2.24, 2.45) is 18.8 Å². The fourth-order valence-corrected chi connectivity index (χ4v) is 9.07. The lowest BCUT2D eigenvalue weighted by Crippen LogP contribution is -3.59. The first-order valence-corrected chi connectivity index (χ1v) is 36.8. The molecule has 8 aromatic rings. The fourth-order valence-electron chi connectivity index (χ4n) is 4.39. The van der Waals surface area contributed by atoms with Crippen LogP contribution in [0.4, 0.5) is 0 Å². The number of fused-ring (bicyclic) bond motifs is 4. The molecule has 84 heavy (non-hydrogen) atoms. The zero-order valence-corrected chi connectivity index (χ0v) is 60.3. The molecule has 0 nitrogen and oxygen atoms in total. The Morgan fingerprint density at radius 1 is 0.250 bits per heavy atom. The van der Waals surface area contributed by atoms with Gasteiger partial charge in [-0.25, -0.2) is 0 Å². The van der Waals surface area contributed by atoms with Crippen molar-refractivity contribution in [3.8, 4) is 0 Å². The standard InChI is InChI=1S/3C9H9S.C8H6S.C2H6I.13C2H6.12CH4.4CH3/c3*1-10-7-6-8-4-2-3-5-9(8)10;1-2-4-8-7(3-1)5-6-9-8;1-3-2;13*1-2;;;;;;;;;;;;;;;;/h3*2-7H,1H3;1-6H;1-2H3;13*1-2H3;12*1H4;4*1H3/q3*+1;;+1;;;;;;;;;;;;;;;;;;;;;;;;;;4*-1. The van der Waals surface area contributed by atoms with Crippen LogP contribution in [0.25, 0.3) is 40.3 Å². The Kier molecular flexibility index (Phi) is 325. The van der Waals surface area contributed by atoms with E-state index in [9.17, 15) is 0 Å². The summed E-state index contributed by atoms with van der Waals surface area (Å²) in [4.78, 5) is 4.47. The van der Waals surface area contributed by atoms with Crippen molar-refractivity contribution in [3.05, 3.63) is 173 Å². The quantitative estimate of drug-likeness (QED) is 0.0614. The predicted octanol–water partition coefficient (Wildman–Crippen LogP) is 32.4. The van der Waals surface area contributed by atoms with Gasteiger partial charge in [-0.1, -0.05) is 324 Å². The zero-order valence-electron chi connectivity index (χ0n) is 54.9. The molecular weight excluding hydrogens is 1200 g/mol. The first kappa shape index (κ1) is 171. The lowest BCUT2D eigenvalue weighted by atomic mass is 10.3. The summed E-state index contributed by atoms with van der Waals surface area (Å²) in [6.45, 7) is 52.0. The average molecular weight is 1380 g/mol. The van der Waals surface area contributed by atoms with E-state index in [1.807, 2.05) is 180 Å². The highest BCUT2D eigenvalue weighted by Gasteiger charge is 2.05. The van der Waals surface area contributed by atoms with Crippen LogP contribution in [-0.4, -0.2) is 9.86 Å². The topological polar surface area (TPSA) is 0 Å². The number of halogens is 1. The monoisotopic (exact) mass is 1380 g/mol. The fraction of sp³-hybridized carbons (Fsp3) is 0.544. The van der Waals surface area contributed by atoms with Crippen LogP contribution in [0, 0.1) is 29.7 Å². The van der Waals surface area contributed by atoms with Crippen LogP contribution >= 0.6 is 42.7 Å². The van der Waals surface area contributed by atoms with Gasteiger partial charge in [0, 0.05) is 39.1 Å². The zero-order chi connectivity index (χ0) is 55.7. The number of benzene rings is 4. The summed E-state index contributed by atoms with van der Waals surface area (Å²) < 4.78 is 5.84. The second-order valence-corrected chi connectivity index (χ2v) is 18.1. The van der Waals surface area contributed by atoms with E-state index in [4.69, 9.17) is 0 Å². The molecule has 4 aromatic heterocycles. The third-order valence-corrected chi connectivity index (χ3v) is 12.2. The van der Waals surface area contributed by atoms with Crippen LogP contribution in [0.5, 0.6) is 0 Å². The maximum atomic E-state index is 2.27. The van der Waals surface area contributed by atoms with Crippen molar-refractivity contribution in [2.75, 3.05) is 9.86 Å². The number of hydrogen-bond acceptors (Lipinski definition) is 1. The van der Waals surface area contributed by atoms with Crippen LogP contribution in [0.2, 0.25) is 0 Å². The van der Waals surface area contributed by atoms with Crippen LogP contribution in [0.15, 0.2) is 143 Å². The normalized spacial score (nSPS) is 6.63. The number of hydrogen-bond donors (Lipinski definition) is 0. The van der Waals surface area contributed by atoms with Crippen LogP contribution in [0.1, 0.15) is 269 Å². The summed E-state index contributed by atoms with van der Waals surface area (Å²) in [5.74, 6) is 0. The summed E-state index contributed by atoms with van der Waals surface area (Å²) in [6.07, 6.45) is 6.76. The van der Waals surface area contributed by atoms with Crippen molar-refractivity contribution in [1.29, 1.82) is 0 Å². The van der Waals surface area contributed by atoms with Gasteiger partial charge in [-0.05, 0) is 90.7 Å². The van der Waals surface area contributed by atoms with Gasteiger partial charge in [0.15, 0.2) is 14.1 Å². The van der Waals surface area contributed by atoms with E-state index in [1.165, 1.54) is 40.3 Å². The molecule has 0 N–H and O–H groups in total. The molecule has 3 atom stereocenters. The van der Waals surface area contributed by atoms with Gasteiger partial charge in [-0.2, -0.15) is 0 Å². The lowest BCUT2D eigenvalue weighted by Gasteiger charge is -1.82. The molecular formula is C79H177IS4. The molecule has 0 amide bonds. The lowest BCUT2D eigenvalue weighted by molar-refractivity contribution is -0.597. The van der Waals surface area contributed by atoms with Gasteiger partial charge >= 0.3 is 0 Å². The highest BCUT2D eigenvalue weighted by molar-refractivity contribution is 7.34. The first-order valence-electron chi connectivity index (χ1n) is 26.5. The van der Waals surface area contributed by atoms with E-state index in [0.717, 1.165) is 0 Å². The van der Waals surface area contributed by atoms with Crippen LogP contribution < -0.4 is 21.2 Å². The van der Waals surface area contributed by atoms with E-state index < -0.39 is 0 Å². The second kappa shape index (κ2) is 159. The van der Waals surface area contributed by atoms with E-state index in [-0.39, 0.29) is 119 Å². The smallest absolute Gasteiger partial charge is 0.261 e. The third kappa shape index (κ3) is 88.2. The highest BCUT2D eigenvalue weighted by Crippen LogP contribution is 2.29. The van der Waals surface area contributed by atoms with Gasteiger partial charge in [-0.3, -0.25) is 0 Å². The highest BCUT2D eigenvalue weighted by atomic mass is 127. The Hall–Kier alpha value is -2.55. The molecule has 4 heterocycles. The largest absolute Gasteiger partial charge is 0.358 e. The SMILES string of the molecule is C.C.C.C.C.C.C.C.C.C.C.C.CC.CC.CC.CC.CC.CC.CC.CC.CC.CC.CC.CC.CC.C[I+]C.C[s+]1ccc2ccccc21.C[s+]1ccc2ccccc21.C[s+]1ccc2ccccc21.[CH3-].[CH3-].[CH3-].[CH3-].c1ccc2sccc2c1. The summed E-state index contributed by atoms with van der Waals surface area (Å²) in [5.41, 5.74) is 0. The molecule has 0 saturated carbocycles. The Morgan fingerprint density at radius 2 is 0.417 bits per heavy atom. The van der Waals surface area contributed by atoms with Crippen molar-refractivity contribution < 1.29 is 21.2 Å². The maximum absolute atomic E-state index is 2.27. The van der Waals surface area contributed by atoms with Crippen molar-refractivity contribution in [1.82, 2.24) is 0 Å². The summed E-state index contributed by atoms with van der Waals surface area (Å²) in [6, 6.07) is 42.9. The summed E-state index contributed by atoms with van der Waals surface area (Å²) in [5, 5.41) is 14.5. The minimum absolute atomic E-state index is 0. The van der Waals surface area contributed by atoms with E-state index in [0.29, 0.717) is 52.6 Å². The van der Waals surface area contributed by atoms with E-state index in [2.05, 4.69) is 171 Å². The van der Waals surface area contributed by atoms with Crippen molar-refractivity contribution >= 4 is 83.1 Å². The molecule has 0 radical (unpaired) electrons. The molecule has 524 valence electrons. The Morgan fingerprint density at radius 3 is 0.595 bits per heavy atom. The van der Waals surface area contributed by atoms with Crippen molar-refractivity contribution in [3.63, 3.8) is 0 Å². The van der Waals surface area contributed by atoms with Crippen LogP contribution in [-0.2, 0) is 18.8 Å². The summed E-state index contributed by atoms with van der Waals surface area (Å²) >= 11 is 2.38. The molecule has 3 unspecified atom stereocenters. The molecule has 5 heteroatoms. The maximum Gasteiger partial charge on any atom is 0.261 e. The Bertz CT molecular complexity index is 1740. The van der Waals surface area contributed by atoms with Crippen molar-refractivity contribution in [2.45, 2.75) is 269 Å². The second-order valence-electron chi connectivity index (χ2n) is 9.53. The van der Waals surface area contributed by atoms with Gasteiger partial charge < -0.3 is 29.7 Å². The molecule has 0 saturated heterocycles. The first-order chi connectivity index (χ1) is 33.5. The Balaban J connectivity index is -0.0000000184. The number of thiophene rings is 4. The predicted molar refractivity (Wildman–Crippen MR) is 450 cm³/mol. The number of alkyl halides is 2. The molecule has 0 aliphatic rings. The molecule has 0 aliphatic heterocycles. The average Bonchev–Trinajstić information content (AvgIpc) is 4.29. The Labute approximate surface area is 570 Å². The van der Waals surface area contributed by atoms with E-state index in [1.54, 1.807) is 11.3 Å². The molecule has 0 bridgehead atoms. The molecule has 8 rings (SSSR count). The van der Waals surface area contributed by atoms with Gasteiger partial charge in [0.05, 0.1) is 0 Å². The minimum Gasteiger partial charge on any atom is -0.358 e. The van der Waals surface area contributed by atoms with Crippen LogP contribution in [0.3, 0.4) is 0 Å². The molecule has 0 aliphatic carbocycles. The molecule has 0 spiro atoms. The van der Waals surface area contributed by atoms with Gasteiger partial charge in [0.2, 0.25) is 0 Å². The van der Waals surface area contributed by atoms with Gasteiger partial charge in [-0.15, -0.1) is 11.3 Å². The van der Waals surface area contributed by atoms with Gasteiger partial charge in [0.1, 0.15) is 44.8 Å². The molecule has 4 aromatic carbocycles. The number of rotatable bonds is 0. The molecule has 0 fully saturated rings. The van der Waals surface area contributed by atoms with Gasteiger partial charge in [0.25, 0.3) is 21.2 Å². The third-order valence-electron chi connectivity index (χ3n) is 6.51. The summed E-state index contributed by atoms with van der Waals surface area (Å²) in [7, 11) is 1.11. The number of aryl methyl sites for hydroxylation is 3. The minimum atomic E-state index is 0.